The number of hydrogen-bond donors (Lipinski definition) is 0. The van der Waals surface area contributed by atoms with E-state index in [0.717, 1.165) is 23.3 Å². The second-order valence-electron chi connectivity index (χ2n) is 6.65. The molecule has 0 saturated carbocycles. The Morgan fingerprint density at radius 3 is 1.39 bits per heavy atom. The molecular formula is C21H17BrO7S2. The van der Waals surface area contributed by atoms with Crippen molar-refractivity contribution in [2.24, 2.45) is 0 Å². The molecule has 3 aromatic rings. The molecule has 0 bridgehead atoms. The van der Waals surface area contributed by atoms with Gasteiger partial charge in [-0.3, -0.25) is 4.79 Å². The zero-order valence-electron chi connectivity index (χ0n) is 16.4. The highest BCUT2D eigenvalue weighted by Crippen LogP contribution is 2.38. The van der Waals surface area contributed by atoms with E-state index in [9.17, 15) is 21.6 Å². The van der Waals surface area contributed by atoms with Gasteiger partial charge in [0, 0.05) is 5.56 Å². The van der Waals surface area contributed by atoms with Gasteiger partial charge in [-0.05, 0) is 66.2 Å². The minimum absolute atomic E-state index is 0.0357. The molecule has 0 N–H and O–H groups in total. The fourth-order valence-corrected chi connectivity index (χ4v) is 5.00. The third kappa shape index (κ3) is 5.33. The lowest BCUT2D eigenvalue weighted by Gasteiger charge is -2.14. The standard InChI is InChI=1S/C21H17BrO7S2/c1-14-3-7-17(8-4-14)30(24,25)28-19-11-16(13-23)12-20(21(19)22)29-31(26,27)18-9-5-15(2)6-10-18/h3-13H,1-2H3. The Morgan fingerprint density at radius 2 is 1.06 bits per heavy atom. The first kappa shape index (κ1) is 23.0. The first-order valence-corrected chi connectivity index (χ1v) is 12.4. The van der Waals surface area contributed by atoms with Crippen LogP contribution >= 0.6 is 15.9 Å². The van der Waals surface area contributed by atoms with Crippen molar-refractivity contribution in [2.75, 3.05) is 0 Å². The molecule has 0 aromatic heterocycles. The number of carbonyl (C=O) groups is 1. The van der Waals surface area contributed by atoms with Crippen molar-refractivity contribution in [2.45, 2.75) is 23.6 Å². The summed E-state index contributed by atoms with van der Waals surface area (Å²) in [6, 6.07) is 14.3. The van der Waals surface area contributed by atoms with Crippen LogP contribution in [0.2, 0.25) is 0 Å². The molecule has 0 saturated heterocycles. The second-order valence-corrected chi connectivity index (χ2v) is 10.5. The minimum Gasteiger partial charge on any atom is -0.378 e. The van der Waals surface area contributed by atoms with E-state index in [1.165, 1.54) is 24.3 Å². The number of aryl methyl sites for hydroxylation is 2. The van der Waals surface area contributed by atoms with Gasteiger partial charge in [-0.15, -0.1) is 0 Å². The quantitative estimate of drug-likeness (QED) is 0.333. The second kappa shape index (κ2) is 8.81. The fraction of sp³-hybridized carbons (Fsp3) is 0.0952. The van der Waals surface area contributed by atoms with Crippen LogP contribution in [0.25, 0.3) is 0 Å². The fourth-order valence-electron chi connectivity index (χ4n) is 2.52. The molecule has 162 valence electrons. The van der Waals surface area contributed by atoms with E-state index in [1.54, 1.807) is 38.1 Å². The molecule has 7 nitrogen and oxygen atoms in total. The topological polar surface area (TPSA) is 104 Å². The van der Waals surface area contributed by atoms with Crippen LogP contribution in [0.4, 0.5) is 0 Å². The van der Waals surface area contributed by atoms with E-state index in [4.69, 9.17) is 8.37 Å². The van der Waals surface area contributed by atoms with Crippen LogP contribution in [0.15, 0.2) is 74.9 Å². The lowest BCUT2D eigenvalue weighted by molar-refractivity contribution is 0.112. The maximum Gasteiger partial charge on any atom is 0.339 e. The lowest BCUT2D eigenvalue weighted by Crippen LogP contribution is -2.13. The lowest BCUT2D eigenvalue weighted by atomic mass is 10.2. The summed E-state index contributed by atoms with van der Waals surface area (Å²) < 4.78 is 60.8. The molecule has 0 aliphatic heterocycles. The molecule has 0 radical (unpaired) electrons. The maximum absolute atomic E-state index is 12.6. The number of benzene rings is 3. The van der Waals surface area contributed by atoms with E-state index in [0.29, 0.717) is 6.29 Å². The Balaban J connectivity index is 2.00. The summed E-state index contributed by atoms with van der Waals surface area (Å²) in [7, 11) is -8.49. The highest BCUT2D eigenvalue weighted by Gasteiger charge is 2.24. The van der Waals surface area contributed by atoms with Crippen molar-refractivity contribution in [1.29, 1.82) is 0 Å². The van der Waals surface area contributed by atoms with Gasteiger partial charge in [0.15, 0.2) is 11.5 Å². The van der Waals surface area contributed by atoms with Crippen molar-refractivity contribution in [3.63, 3.8) is 0 Å². The zero-order chi connectivity index (χ0) is 22.8. The molecule has 0 heterocycles. The first-order valence-electron chi connectivity index (χ1n) is 8.83. The van der Waals surface area contributed by atoms with Crippen LogP contribution in [0.3, 0.4) is 0 Å². The monoisotopic (exact) mass is 524 g/mol. The SMILES string of the molecule is Cc1ccc(S(=O)(=O)Oc2cc(C=O)cc(OS(=O)(=O)c3ccc(C)cc3)c2Br)cc1. The Kier molecular flexibility index (Phi) is 6.54. The van der Waals surface area contributed by atoms with Gasteiger partial charge in [0.05, 0.1) is 0 Å². The van der Waals surface area contributed by atoms with Gasteiger partial charge >= 0.3 is 20.2 Å². The summed E-state index contributed by atoms with van der Waals surface area (Å²) in [5.41, 5.74) is 1.69. The van der Waals surface area contributed by atoms with Crippen LogP contribution < -0.4 is 8.37 Å². The largest absolute Gasteiger partial charge is 0.378 e. The normalized spacial score (nSPS) is 11.7. The van der Waals surface area contributed by atoms with Crippen molar-refractivity contribution in [1.82, 2.24) is 0 Å². The summed E-state index contributed by atoms with van der Waals surface area (Å²) in [6.07, 6.45) is 0.420. The molecule has 10 heteroatoms. The number of hydrogen-bond acceptors (Lipinski definition) is 7. The summed E-state index contributed by atoms with van der Waals surface area (Å²) in [5, 5.41) is 0. The highest BCUT2D eigenvalue weighted by atomic mass is 79.9. The van der Waals surface area contributed by atoms with Crippen LogP contribution in [0, 0.1) is 13.8 Å². The first-order chi connectivity index (χ1) is 14.5. The average molecular weight is 525 g/mol. The molecule has 3 rings (SSSR count). The van der Waals surface area contributed by atoms with Gasteiger partial charge in [-0.25, -0.2) is 0 Å². The number of halogens is 1. The predicted octanol–water partition coefficient (Wildman–Crippen LogP) is 4.41. The highest BCUT2D eigenvalue weighted by molar-refractivity contribution is 9.10. The number of aldehydes is 1. The third-order valence-corrected chi connectivity index (χ3v) is 7.46. The van der Waals surface area contributed by atoms with Gasteiger partial charge in [0.1, 0.15) is 20.5 Å². The molecule has 0 unspecified atom stereocenters. The van der Waals surface area contributed by atoms with E-state index in [2.05, 4.69) is 15.9 Å². The van der Waals surface area contributed by atoms with E-state index >= 15 is 0 Å². The number of carbonyl (C=O) groups excluding carboxylic acids is 1. The van der Waals surface area contributed by atoms with Crippen LogP contribution in [0.5, 0.6) is 11.5 Å². The Morgan fingerprint density at radius 1 is 0.710 bits per heavy atom. The maximum atomic E-state index is 12.6. The molecule has 0 fully saturated rings. The predicted molar refractivity (Wildman–Crippen MR) is 118 cm³/mol. The molecule has 0 aliphatic carbocycles. The molecule has 0 amide bonds. The van der Waals surface area contributed by atoms with Crippen molar-refractivity contribution < 1.29 is 30.0 Å². The molecular weight excluding hydrogens is 508 g/mol. The smallest absolute Gasteiger partial charge is 0.339 e. The summed E-state index contributed by atoms with van der Waals surface area (Å²) >= 11 is 3.12. The van der Waals surface area contributed by atoms with Crippen molar-refractivity contribution in [3.8, 4) is 11.5 Å². The van der Waals surface area contributed by atoms with Crippen molar-refractivity contribution in [3.05, 3.63) is 81.8 Å². The Hall–Kier alpha value is -2.69. The van der Waals surface area contributed by atoms with Gasteiger partial charge in [0.25, 0.3) is 0 Å². The molecule has 0 atom stereocenters. The molecule has 31 heavy (non-hydrogen) atoms. The summed E-state index contributed by atoms with van der Waals surface area (Å²) in [4.78, 5) is 11.1. The summed E-state index contributed by atoms with van der Waals surface area (Å²) in [6.45, 7) is 3.61. The molecule has 3 aromatic carbocycles. The van der Waals surface area contributed by atoms with Crippen LogP contribution in [-0.2, 0) is 20.2 Å². The zero-order valence-corrected chi connectivity index (χ0v) is 19.6. The summed E-state index contributed by atoms with van der Waals surface area (Å²) in [5.74, 6) is -0.585. The molecule has 0 spiro atoms. The van der Waals surface area contributed by atoms with Crippen LogP contribution in [0.1, 0.15) is 21.5 Å². The van der Waals surface area contributed by atoms with Gasteiger partial charge < -0.3 is 8.37 Å². The minimum atomic E-state index is -4.25. The van der Waals surface area contributed by atoms with Gasteiger partial charge in [-0.1, -0.05) is 35.4 Å². The Bertz CT molecular complexity index is 1230. The van der Waals surface area contributed by atoms with E-state index in [-0.39, 0.29) is 31.3 Å². The Labute approximate surface area is 189 Å². The van der Waals surface area contributed by atoms with Crippen LogP contribution in [-0.4, -0.2) is 23.1 Å². The van der Waals surface area contributed by atoms with E-state index < -0.39 is 20.2 Å². The van der Waals surface area contributed by atoms with E-state index in [1.807, 2.05) is 0 Å². The van der Waals surface area contributed by atoms with Gasteiger partial charge in [-0.2, -0.15) is 16.8 Å². The number of rotatable bonds is 7. The molecule has 0 aliphatic rings. The van der Waals surface area contributed by atoms with Gasteiger partial charge in [0.2, 0.25) is 0 Å². The average Bonchev–Trinajstić information content (AvgIpc) is 2.71. The third-order valence-electron chi connectivity index (χ3n) is 4.18. The van der Waals surface area contributed by atoms with Crippen molar-refractivity contribution >= 4 is 42.5 Å².